The summed E-state index contributed by atoms with van der Waals surface area (Å²) in [6, 6.07) is 15.6. The number of hydrogen-bond acceptors (Lipinski definition) is 7. The minimum atomic E-state index is -0.882. The van der Waals surface area contributed by atoms with Crippen LogP contribution in [0.5, 0.6) is 17.2 Å². The van der Waals surface area contributed by atoms with Crippen molar-refractivity contribution in [3.05, 3.63) is 83.7 Å². The van der Waals surface area contributed by atoms with Crippen LogP contribution in [0, 0.1) is 0 Å². The van der Waals surface area contributed by atoms with Crippen LogP contribution in [0.25, 0.3) is 0 Å². The van der Waals surface area contributed by atoms with Crippen molar-refractivity contribution in [1.82, 2.24) is 4.98 Å². The molecule has 0 bridgehead atoms. The predicted molar refractivity (Wildman–Crippen MR) is 111 cm³/mol. The van der Waals surface area contributed by atoms with Gasteiger partial charge in [-0.05, 0) is 47.5 Å². The summed E-state index contributed by atoms with van der Waals surface area (Å²) in [5.41, 5.74) is 2.25. The third-order valence-corrected chi connectivity index (χ3v) is 5.05. The van der Waals surface area contributed by atoms with E-state index in [4.69, 9.17) is 14.2 Å². The number of aliphatic hydroxyl groups is 1. The molecule has 2 heterocycles. The Morgan fingerprint density at radius 1 is 0.871 bits per heavy atom. The maximum absolute atomic E-state index is 11.3. The Morgan fingerprint density at radius 2 is 1.48 bits per heavy atom. The van der Waals surface area contributed by atoms with Crippen LogP contribution in [0.2, 0.25) is 0 Å². The highest BCUT2D eigenvalue weighted by atomic mass is 16.5. The van der Waals surface area contributed by atoms with Gasteiger partial charge in [0, 0.05) is 37.9 Å². The molecule has 7 heteroatoms. The van der Waals surface area contributed by atoms with Crippen molar-refractivity contribution < 1.29 is 28.9 Å². The molecular formula is C24H21NO6. The summed E-state index contributed by atoms with van der Waals surface area (Å²) in [5, 5.41) is 11.3. The molecule has 1 N–H and O–H groups in total. The van der Waals surface area contributed by atoms with E-state index in [9.17, 15) is 14.7 Å². The molecule has 0 saturated carbocycles. The molecule has 0 amide bonds. The van der Waals surface area contributed by atoms with Gasteiger partial charge < -0.3 is 19.3 Å². The second-order valence-corrected chi connectivity index (χ2v) is 7.25. The van der Waals surface area contributed by atoms with E-state index in [1.54, 1.807) is 42.7 Å². The van der Waals surface area contributed by atoms with Gasteiger partial charge >= 0.3 is 11.9 Å². The van der Waals surface area contributed by atoms with Crippen molar-refractivity contribution in [3.63, 3.8) is 0 Å². The van der Waals surface area contributed by atoms with E-state index in [1.165, 1.54) is 13.8 Å². The molecule has 3 atom stereocenters. The summed E-state index contributed by atoms with van der Waals surface area (Å²) in [6.07, 6.45) is 1.93. The highest BCUT2D eigenvalue weighted by molar-refractivity contribution is 5.70. The molecule has 2 aromatic carbocycles. The number of aromatic nitrogens is 1. The van der Waals surface area contributed by atoms with Gasteiger partial charge in [-0.3, -0.25) is 14.6 Å². The first-order valence-corrected chi connectivity index (χ1v) is 9.78. The van der Waals surface area contributed by atoms with Gasteiger partial charge in [-0.25, -0.2) is 0 Å². The zero-order chi connectivity index (χ0) is 22.0. The molecule has 4 rings (SSSR count). The molecule has 0 radical (unpaired) electrons. The highest BCUT2D eigenvalue weighted by Crippen LogP contribution is 2.50. The fraction of sp³-hybridized carbons (Fsp3) is 0.208. The second-order valence-electron chi connectivity index (χ2n) is 7.25. The zero-order valence-corrected chi connectivity index (χ0v) is 17.0. The molecule has 7 nitrogen and oxygen atoms in total. The molecule has 158 valence electrons. The third kappa shape index (κ3) is 4.41. The van der Waals surface area contributed by atoms with Crippen molar-refractivity contribution in [2.75, 3.05) is 0 Å². The Bertz CT molecular complexity index is 1100. The molecule has 3 unspecified atom stereocenters. The van der Waals surface area contributed by atoms with Crippen LogP contribution in [0.4, 0.5) is 0 Å². The lowest BCUT2D eigenvalue weighted by Gasteiger charge is -2.38. The second kappa shape index (κ2) is 8.57. The maximum atomic E-state index is 11.3. The smallest absolute Gasteiger partial charge is 0.308 e. The number of rotatable bonds is 4. The van der Waals surface area contributed by atoms with Crippen LogP contribution < -0.4 is 14.2 Å². The van der Waals surface area contributed by atoms with E-state index in [1.807, 2.05) is 24.3 Å². The van der Waals surface area contributed by atoms with E-state index in [2.05, 4.69) is 4.98 Å². The summed E-state index contributed by atoms with van der Waals surface area (Å²) >= 11 is 0. The summed E-state index contributed by atoms with van der Waals surface area (Å²) in [7, 11) is 0. The van der Waals surface area contributed by atoms with E-state index < -0.39 is 30.1 Å². The fourth-order valence-electron chi connectivity index (χ4n) is 3.77. The fourth-order valence-corrected chi connectivity index (χ4v) is 3.77. The Kier molecular flexibility index (Phi) is 5.68. The molecule has 3 aromatic rings. The van der Waals surface area contributed by atoms with Crippen molar-refractivity contribution in [1.29, 1.82) is 0 Å². The lowest BCUT2D eigenvalue weighted by atomic mass is 9.80. The van der Waals surface area contributed by atoms with Crippen LogP contribution in [-0.2, 0) is 9.59 Å². The van der Waals surface area contributed by atoms with Gasteiger partial charge in [0.1, 0.15) is 23.4 Å². The predicted octanol–water partition coefficient (Wildman–Crippen LogP) is 3.88. The summed E-state index contributed by atoms with van der Waals surface area (Å²) in [6.45, 7) is 2.66. The molecule has 1 aliphatic rings. The number of pyridine rings is 1. The first-order valence-electron chi connectivity index (χ1n) is 9.78. The van der Waals surface area contributed by atoms with E-state index in [0.717, 1.165) is 11.1 Å². The third-order valence-electron chi connectivity index (χ3n) is 5.05. The first-order chi connectivity index (χ1) is 14.9. The standard InChI is InChI=1S/C24H21NO6/c1-14(26)29-18-5-3-16(4-6-18)22-23(28)20-8-7-19(30-15(2)27)13-21(20)31-24(22)17-9-11-25-12-10-17/h3-13,22-24,28H,1-2H3. The van der Waals surface area contributed by atoms with Gasteiger partial charge in [0.25, 0.3) is 0 Å². The average Bonchev–Trinajstić information content (AvgIpc) is 2.74. The minimum absolute atomic E-state index is 0.344. The van der Waals surface area contributed by atoms with Crippen LogP contribution in [0.15, 0.2) is 67.0 Å². The van der Waals surface area contributed by atoms with E-state index in [0.29, 0.717) is 22.8 Å². The van der Waals surface area contributed by atoms with Crippen molar-refractivity contribution >= 4 is 11.9 Å². The van der Waals surface area contributed by atoms with Crippen LogP contribution in [-0.4, -0.2) is 22.0 Å². The van der Waals surface area contributed by atoms with E-state index in [-0.39, 0.29) is 0 Å². The van der Waals surface area contributed by atoms with Gasteiger partial charge in [0.05, 0.1) is 12.0 Å². The molecule has 1 aliphatic heterocycles. The molecule has 0 aliphatic carbocycles. The summed E-state index contributed by atoms with van der Waals surface area (Å²) in [4.78, 5) is 26.6. The number of benzene rings is 2. The summed E-state index contributed by atoms with van der Waals surface area (Å²) < 4.78 is 16.6. The van der Waals surface area contributed by atoms with Gasteiger partial charge in [-0.1, -0.05) is 12.1 Å². The topological polar surface area (TPSA) is 95.0 Å². The van der Waals surface area contributed by atoms with Crippen molar-refractivity contribution in [2.24, 2.45) is 0 Å². The molecule has 1 aromatic heterocycles. The van der Waals surface area contributed by atoms with E-state index >= 15 is 0 Å². The van der Waals surface area contributed by atoms with Gasteiger partial charge in [0.2, 0.25) is 0 Å². The number of hydrogen-bond donors (Lipinski definition) is 1. The number of esters is 2. The molecule has 0 saturated heterocycles. The molecule has 0 spiro atoms. The first kappa shape index (κ1) is 20.6. The molecule has 0 fully saturated rings. The monoisotopic (exact) mass is 419 g/mol. The Labute approximate surface area is 179 Å². The van der Waals surface area contributed by atoms with Crippen molar-refractivity contribution in [2.45, 2.75) is 32.0 Å². The maximum Gasteiger partial charge on any atom is 0.308 e. The van der Waals surface area contributed by atoms with Crippen LogP contribution in [0.3, 0.4) is 0 Å². The zero-order valence-electron chi connectivity index (χ0n) is 17.0. The number of carbonyl (C=O) groups is 2. The van der Waals surface area contributed by atoms with Crippen LogP contribution in [0.1, 0.15) is 48.7 Å². The van der Waals surface area contributed by atoms with Crippen LogP contribution >= 0.6 is 0 Å². The number of aliphatic hydroxyl groups excluding tert-OH is 1. The largest absolute Gasteiger partial charge is 0.484 e. The Balaban J connectivity index is 1.75. The Hall–Kier alpha value is -3.71. The lowest BCUT2D eigenvalue weighted by Crippen LogP contribution is -2.28. The quantitative estimate of drug-likeness (QED) is 0.506. The van der Waals surface area contributed by atoms with Gasteiger partial charge in [0.15, 0.2) is 0 Å². The Morgan fingerprint density at radius 3 is 2.13 bits per heavy atom. The lowest BCUT2D eigenvalue weighted by molar-refractivity contribution is -0.132. The number of carbonyl (C=O) groups excluding carboxylic acids is 2. The summed E-state index contributed by atoms with van der Waals surface area (Å²) in [5.74, 6) is -0.0548. The van der Waals surface area contributed by atoms with Gasteiger partial charge in [-0.2, -0.15) is 0 Å². The highest BCUT2D eigenvalue weighted by Gasteiger charge is 2.39. The number of fused-ring (bicyclic) bond motifs is 1. The molecule has 31 heavy (non-hydrogen) atoms. The van der Waals surface area contributed by atoms with Crippen molar-refractivity contribution in [3.8, 4) is 17.2 Å². The molecular weight excluding hydrogens is 398 g/mol. The minimum Gasteiger partial charge on any atom is -0.484 e. The normalized spacial score (nSPS) is 19.6. The van der Waals surface area contributed by atoms with Gasteiger partial charge in [-0.15, -0.1) is 0 Å². The average molecular weight is 419 g/mol. The SMILES string of the molecule is CC(=O)Oc1ccc(C2C(O)c3ccc(OC(C)=O)cc3OC2c2ccncc2)cc1. The number of nitrogens with zero attached hydrogens (tertiary/aromatic N) is 1. The number of ether oxygens (including phenoxy) is 3.